The van der Waals surface area contributed by atoms with E-state index in [0.29, 0.717) is 6.42 Å². The molecule has 0 spiro atoms. The number of carboxylic acids is 1. The molecule has 4 N–H and O–H groups in total. The third-order valence-electron chi connectivity index (χ3n) is 3.38. The number of hydrogen-bond acceptors (Lipinski definition) is 5. The van der Waals surface area contributed by atoms with Gasteiger partial charge in [0, 0.05) is 0 Å². The van der Waals surface area contributed by atoms with E-state index in [1.807, 2.05) is 32.0 Å². The summed E-state index contributed by atoms with van der Waals surface area (Å²) in [5.41, 5.74) is 0.809. The quantitative estimate of drug-likeness (QED) is 0.471. The number of hydrogen-bond donors (Lipinski definition) is 4. The molecule has 0 bridgehead atoms. The topological polar surface area (TPSA) is 134 Å². The largest absolute Gasteiger partial charge is 0.480 e. The average molecular weight is 379 g/mol. The third-order valence-corrected chi connectivity index (χ3v) is 3.38. The minimum absolute atomic E-state index is 0.0713. The average Bonchev–Trinajstić information content (AvgIpc) is 2.62. The number of carbonyl (C=O) groups is 4. The SMILES string of the molecule is CC(C)CC(NC(=O)CNC(=O)OCc1ccccc1)C(=O)NCC(=O)O. The lowest BCUT2D eigenvalue weighted by atomic mass is 10.0. The van der Waals surface area contributed by atoms with E-state index in [1.54, 1.807) is 12.1 Å². The number of rotatable bonds is 10. The maximum atomic E-state index is 12.0. The van der Waals surface area contributed by atoms with Crippen LogP contribution in [-0.2, 0) is 25.7 Å². The van der Waals surface area contributed by atoms with Gasteiger partial charge in [-0.15, -0.1) is 0 Å². The van der Waals surface area contributed by atoms with Crippen LogP contribution >= 0.6 is 0 Å². The van der Waals surface area contributed by atoms with Crippen molar-refractivity contribution in [1.29, 1.82) is 0 Å². The lowest BCUT2D eigenvalue weighted by molar-refractivity contribution is -0.138. The van der Waals surface area contributed by atoms with Gasteiger partial charge in [-0.2, -0.15) is 0 Å². The van der Waals surface area contributed by atoms with Gasteiger partial charge in [-0.1, -0.05) is 44.2 Å². The zero-order valence-corrected chi connectivity index (χ0v) is 15.4. The first-order chi connectivity index (χ1) is 12.8. The predicted octanol–water partition coefficient (Wildman–Crippen LogP) is 0.645. The van der Waals surface area contributed by atoms with Crippen molar-refractivity contribution in [1.82, 2.24) is 16.0 Å². The van der Waals surface area contributed by atoms with Crippen molar-refractivity contribution in [2.45, 2.75) is 32.9 Å². The summed E-state index contributed by atoms with van der Waals surface area (Å²) in [6.07, 6.45) is -0.430. The molecule has 0 radical (unpaired) electrons. The summed E-state index contributed by atoms with van der Waals surface area (Å²) in [7, 11) is 0. The van der Waals surface area contributed by atoms with Crippen molar-refractivity contribution in [3.8, 4) is 0 Å². The molecule has 148 valence electrons. The second-order valence-electron chi connectivity index (χ2n) is 6.28. The van der Waals surface area contributed by atoms with Gasteiger partial charge in [-0.25, -0.2) is 4.79 Å². The number of aliphatic carboxylic acids is 1. The Hall–Kier alpha value is -3.10. The minimum Gasteiger partial charge on any atom is -0.480 e. The first-order valence-electron chi connectivity index (χ1n) is 8.51. The molecule has 1 atom stereocenters. The Morgan fingerprint density at radius 1 is 1.04 bits per heavy atom. The van der Waals surface area contributed by atoms with Crippen LogP contribution in [-0.4, -0.2) is 48.1 Å². The number of nitrogens with one attached hydrogen (secondary N) is 3. The molecule has 27 heavy (non-hydrogen) atoms. The summed E-state index contributed by atoms with van der Waals surface area (Å²) in [5, 5.41) is 15.6. The Morgan fingerprint density at radius 2 is 1.70 bits per heavy atom. The Morgan fingerprint density at radius 3 is 2.30 bits per heavy atom. The Bertz CT molecular complexity index is 648. The monoisotopic (exact) mass is 379 g/mol. The van der Waals surface area contributed by atoms with Crippen LogP contribution in [0.15, 0.2) is 30.3 Å². The van der Waals surface area contributed by atoms with E-state index in [0.717, 1.165) is 5.56 Å². The molecule has 0 saturated carbocycles. The predicted molar refractivity (Wildman–Crippen MR) is 96.7 cm³/mol. The fourth-order valence-corrected chi connectivity index (χ4v) is 2.16. The molecule has 1 rings (SSSR count). The smallest absolute Gasteiger partial charge is 0.407 e. The molecular weight excluding hydrogens is 354 g/mol. The number of carbonyl (C=O) groups excluding carboxylic acids is 3. The van der Waals surface area contributed by atoms with Crippen molar-refractivity contribution in [3.63, 3.8) is 0 Å². The van der Waals surface area contributed by atoms with Gasteiger partial charge >= 0.3 is 12.1 Å². The van der Waals surface area contributed by atoms with Crippen molar-refractivity contribution < 1.29 is 29.0 Å². The Kier molecular flexibility index (Phi) is 9.35. The lowest BCUT2D eigenvalue weighted by Gasteiger charge is -2.19. The van der Waals surface area contributed by atoms with Crippen LogP contribution in [0, 0.1) is 5.92 Å². The second kappa shape index (κ2) is 11.5. The molecule has 9 heteroatoms. The fourth-order valence-electron chi connectivity index (χ4n) is 2.16. The standard InChI is InChI=1S/C18H25N3O6/c1-12(2)8-14(17(25)19-10-16(23)24)21-15(22)9-20-18(26)27-11-13-6-4-3-5-7-13/h3-7,12,14H,8-11H2,1-2H3,(H,19,25)(H,20,26)(H,21,22)(H,23,24). The van der Waals surface area contributed by atoms with Gasteiger partial charge in [0.05, 0.1) is 0 Å². The summed E-state index contributed by atoms with van der Waals surface area (Å²) < 4.78 is 4.99. The van der Waals surface area contributed by atoms with Crippen molar-refractivity contribution in [3.05, 3.63) is 35.9 Å². The summed E-state index contributed by atoms with van der Waals surface area (Å²) in [6, 6.07) is 8.17. The van der Waals surface area contributed by atoms with Crippen molar-refractivity contribution in [2.24, 2.45) is 5.92 Å². The maximum Gasteiger partial charge on any atom is 0.407 e. The van der Waals surface area contributed by atoms with E-state index < -0.39 is 36.5 Å². The second-order valence-corrected chi connectivity index (χ2v) is 6.28. The van der Waals surface area contributed by atoms with E-state index in [-0.39, 0.29) is 19.1 Å². The van der Waals surface area contributed by atoms with Gasteiger partial charge in [0.25, 0.3) is 0 Å². The van der Waals surface area contributed by atoms with E-state index in [1.165, 1.54) is 0 Å². The minimum atomic E-state index is -1.18. The van der Waals surface area contributed by atoms with Gasteiger partial charge < -0.3 is 25.8 Å². The first-order valence-corrected chi connectivity index (χ1v) is 8.51. The number of amides is 3. The van der Waals surface area contributed by atoms with E-state index in [9.17, 15) is 19.2 Å². The number of benzene rings is 1. The van der Waals surface area contributed by atoms with Crippen LogP contribution in [0.2, 0.25) is 0 Å². The van der Waals surface area contributed by atoms with Gasteiger partial charge in [-0.3, -0.25) is 14.4 Å². The zero-order valence-electron chi connectivity index (χ0n) is 15.4. The van der Waals surface area contributed by atoms with Crippen LogP contribution < -0.4 is 16.0 Å². The summed E-state index contributed by atoms with van der Waals surface area (Å²) in [5.74, 6) is -2.26. The normalized spacial score (nSPS) is 11.4. The van der Waals surface area contributed by atoms with Crippen LogP contribution in [0.25, 0.3) is 0 Å². The molecule has 1 aromatic rings. The van der Waals surface area contributed by atoms with Crippen molar-refractivity contribution >= 4 is 23.9 Å². The summed E-state index contributed by atoms with van der Waals surface area (Å²) in [6.45, 7) is 2.90. The van der Waals surface area contributed by atoms with Crippen LogP contribution in [0.5, 0.6) is 0 Å². The van der Waals surface area contributed by atoms with E-state index >= 15 is 0 Å². The van der Waals surface area contributed by atoms with Gasteiger partial charge in [-0.05, 0) is 17.9 Å². The van der Waals surface area contributed by atoms with Gasteiger partial charge in [0.15, 0.2) is 0 Å². The van der Waals surface area contributed by atoms with Gasteiger partial charge in [0.1, 0.15) is 25.7 Å². The van der Waals surface area contributed by atoms with Crippen LogP contribution in [0.3, 0.4) is 0 Å². The molecule has 0 heterocycles. The Labute approximate surface area is 157 Å². The van der Waals surface area contributed by atoms with E-state index in [4.69, 9.17) is 9.84 Å². The van der Waals surface area contributed by atoms with Crippen LogP contribution in [0.1, 0.15) is 25.8 Å². The highest BCUT2D eigenvalue weighted by Crippen LogP contribution is 2.05. The number of ether oxygens (including phenoxy) is 1. The molecule has 3 amide bonds. The molecule has 0 aromatic heterocycles. The maximum absolute atomic E-state index is 12.0. The number of alkyl carbamates (subject to hydrolysis) is 1. The van der Waals surface area contributed by atoms with Gasteiger partial charge in [0.2, 0.25) is 11.8 Å². The number of carboxylic acid groups (broad SMARTS) is 1. The molecule has 1 unspecified atom stereocenters. The molecule has 0 fully saturated rings. The van der Waals surface area contributed by atoms with E-state index in [2.05, 4.69) is 16.0 Å². The van der Waals surface area contributed by atoms with Crippen molar-refractivity contribution in [2.75, 3.05) is 13.1 Å². The lowest BCUT2D eigenvalue weighted by Crippen LogP contribution is -2.50. The third kappa shape index (κ3) is 9.83. The van der Waals surface area contributed by atoms with Crippen LogP contribution in [0.4, 0.5) is 4.79 Å². The highest BCUT2D eigenvalue weighted by molar-refractivity contribution is 5.90. The molecule has 0 saturated heterocycles. The fraction of sp³-hybridized carbons (Fsp3) is 0.444. The molecule has 0 aliphatic heterocycles. The summed E-state index contributed by atoms with van der Waals surface area (Å²) >= 11 is 0. The summed E-state index contributed by atoms with van der Waals surface area (Å²) in [4.78, 5) is 46.2. The highest BCUT2D eigenvalue weighted by Gasteiger charge is 2.22. The zero-order chi connectivity index (χ0) is 20.2. The molecule has 0 aliphatic rings. The highest BCUT2D eigenvalue weighted by atomic mass is 16.5. The molecule has 1 aromatic carbocycles. The molecule has 9 nitrogen and oxygen atoms in total. The first kappa shape index (κ1) is 21.9. The molecule has 0 aliphatic carbocycles. The molecular formula is C18H25N3O6. The Balaban J connectivity index is 2.42.